The summed E-state index contributed by atoms with van der Waals surface area (Å²) in [5.41, 5.74) is 5.19. The lowest BCUT2D eigenvalue weighted by atomic mass is 10.8. The molecular formula is C2H5Br2N. The molecule has 0 aromatic carbocycles. The minimum atomic E-state index is -0.375. The first-order valence-corrected chi connectivity index (χ1v) is 2.75. The van der Waals surface area contributed by atoms with Gasteiger partial charge in [0.05, 0.1) is 0 Å². The third-order valence-electron chi connectivity index (χ3n) is 0. The van der Waals surface area contributed by atoms with Gasteiger partial charge in [0.15, 0.2) is 0 Å². The van der Waals surface area contributed by atoms with E-state index < -0.39 is 0 Å². The predicted octanol–water partition coefficient (Wildman–Crippen LogP) is 1.41. The molecule has 0 amide bonds. The number of rotatable bonds is 0. The highest BCUT2D eigenvalue weighted by molar-refractivity contribution is 9.25. The van der Waals surface area contributed by atoms with E-state index in [1.54, 1.807) is 6.92 Å². The summed E-state index contributed by atoms with van der Waals surface area (Å²) in [6, 6.07) is 0. The average molecular weight is 203 g/mol. The third-order valence-corrected chi connectivity index (χ3v) is 0. The molecule has 3 heteroatoms. The van der Waals surface area contributed by atoms with E-state index in [1.807, 2.05) is 0 Å². The normalized spacial score (nSPS) is 12.0. The molecule has 0 bridgehead atoms. The predicted molar refractivity (Wildman–Crippen MR) is 30.4 cm³/mol. The van der Waals surface area contributed by atoms with Crippen LogP contribution in [0.4, 0.5) is 0 Å². The highest BCUT2D eigenvalue weighted by Gasteiger charge is 2.01. The van der Waals surface area contributed by atoms with Crippen LogP contribution >= 0.6 is 31.9 Å². The van der Waals surface area contributed by atoms with Crippen LogP contribution in [0.3, 0.4) is 0 Å². The fourth-order valence-electron chi connectivity index (χ4n) is 0. The number of hydrogen-bond acceptors (Lipinski definition) is 1. The van der Waals surface area contributed by atoms with Crippen molar-refractivity contribution in [2.45, 2.75) is 10.3 Å². The van der Waals surface area contributed by atoms with Crippen molar-refractivity contribution in [3.63, 3.8) is 0 Å². The van der Waals surface area contributed by atoms with Crippen molar-refractivity contribution in [2.75, 3.05) is 0 Å². The Hall–Kier alpha value is 0.920. The summed E-state index contributed by atoms with van der Waals surface area (Å²) >= 11 is 6.14. The molecule has 0 atom stereocenters. The van der Waals surface area contributed by atoms with Crippen LogP contribution in [0.25, 0.3) is 0 Å². The van der Waals surface area contributed by atoms with Crippen molar-refractivity contribution in [1.29, 1.82) is 0 Å². The molecule has 0 aromatic heterocycles. The summed E-state index contributed by atoms with van der Waals surface area (Å²) in [5, 5.41) is 0. The SMILES string of the molecule is CC(N)(Br)Br. The molecule has 0 heterocycles. The number of nitrogens with two attached hydrogens (primary N) is 1. The first-order valence-electron chi connectivity index (χ1n) is 1.17. The molecule has 0 aromatic rings. The summed E-state index contributed by atoms with van der Waals surface area (Å²) in [4.78, 5) is 0. The van der Waals surface area contributed by atoms with Gasteiger partial charge in [-0.25, -0.2) is 0 Å². The van der Waals surface area contributed by atoms with Gasteiger partial charge in [0, 0.05) is 0 Å². The highest BCUT2D eigenvalue weighted by atomic mass is 79.9. The molecule has 0 rings (SSSR count). The van der Waals surface area contributed by atoms with E-state index in [9.17, 15) is 0 Å². The summed E-state index contributed by atoms with van der Waals surface area (Å²) in [6.45, 7) is 1.80. The summed E-state index contributed by atoms with van der Waals surface area (Å²) < 4.78 is -0.375. The van der Waals surface area contributed by atoms with Gasteiger partial charge in [-0.2, -0.15) is 0 Å². The molecule has 0 aliphatic carbocycles. The van der Waals surface area contributed by atoms with Crippen molar-refractivity contribution in [2.24, 2.45) is 5.73 Å². The van der Waals surface area contributed by atoms with Crippen molar-refractivity contribution in [3.8, 4) is 0 Å². The van der Waals surface area contributed by atoms with Crippen LogP contribution < -0.4 is 5.73 Å². The zero-order chi connectivity index (χ0) is 4.50. The molecule has 0 fully saturated rings. The Kier molecular flexibility index (Phi) is 1.87. The minimum absolute atomic E-state index is 0.375. The largest absolute Gasteiger partial charge is 0.308 e. The quantitative estimate of drug-likeness (QED) is 0.467. The van der Waals surface area contributed by atoms with E-state index in [0.29, 0.717) is 0 Å². The maximum atomic E-state index is 5.19. The standard InChI is InChI=1S/C2H5Br2N/c1-2(3,4)5/h5H2,1H3. The molecule has 0 radical (unpaired) electrons. The zero-order valence-electron chi connectivity index (χ0n) is 2.83. The van der Waals surface area contributed by atoms with Crippen LogP contribution in [0, 0.1) is 0 Å². The van der Waals surface area contributed by atoms with Crippen LogP contribution in [0.1, 0.15) is 6.92 Å². The molecule has 2 N–H and O–H groups in total. The molecule has 5 heavy (non-hydrogen) atoms. The fraction of sp³-hybridized carbons (Fsp3) is 1.00. The Morgan fingerprint density at radius 1 is 1.60 bits per heavy atom. The lowest BCUT2D eigenvalue weighted by molar-refractivity contribution is 1.01. The topological polar surface area (TPSA) is 26.0 Å². The second-order valence-corrected chi connectivity index (χ2v) is 5.32. The lowest BCUT2D eigenvalue weighted by Crippen LogP contribution is -2.17. The molecule has 0 aliphatic heterocycles. The Morgan fingerprint density at radius 2 is 1.60 bits per heavy atom. The Bertz CT molecular complexity index is 23.1. The zero-order valence-corrected chi connectivity index (χ0v) is 6.01. The minimum Gasteiger partial charge on any atom is -0.308 e. The van der Waals surface area contributed by atoms with E-state index >= 15 is 0 Å². The van der Waals surface area contributed by atoms with Crippen LogP contribution in [0.2, 0.25) is 0 Å². The van der Waals surface area contributed by atoms with E-state index in [4.69, 9.17) is 5.73 Å². The van der Waals surface area contributed by atoms with Gasteiger partial charge in [-0.15, -0.1) is 0 Å². The second-order valence-electron chi connectivity index (χ2n) is 0.956. The summed E-state index contributed by atoms with van der Waals surface area (Å²) in [7, 11) is 0. The van der Waals surface area contributed by atoms with Gasteiger partial charge < -0.3 is 5.73 Å². The molecule has 32 valence electrons. The molecule has 0 saturated heterocycles. The van der Waals surface area contributed by atoms with Gasteiger partial charge in [0.25, 0.3) is 0 Å². The van der Waals surface area contributed by atoms with Crippen molar-refractivity contribution >= 4 is 31.9 Å². The van der Waals surface area contributed by atoms with Crippen molar-refractivity contribution < 1.29 is 0 Å². The third kappa shape index (κ3) is 49.6. The molecule has 0 unspecified atom stereocenters. The van der Waals surface area contributed by atoms with Crippen molar-refractivity contribution in [3.05, 3.63) is 0 Å². The Morgan fingerprint density at radius 3 is 1.60 bits per heavy atom. The fourth-order valence-corrected chi connectivity index (χ4v) is 0. The maximum Gasteiger partial charge on any atom is 0.125 e. The number of alkyl halides is 2. The second kappa shape index (κ2) is 1.58. The van der Waals surface area contributed by atoms with Gasteiger partial charge in [0.2, 0.25) is 0 Å². The first kappa shape index (κ1) is 5.92. The molecule has 0 spiro atoms. The first-order chi connectivity index (χ1) is 2.00. The molecule has 1 nitrogen and oxygen atoms in total. The van der Waals surface area contributed by atoms with Gasteiger partial charge in [0.1, 0.15) is 3.36 Å². The summed E-state index contributed by atoms with van der Waals surface area (Å²) in [5.74, 6) is 0. The molecule has 0 saturated carbocycles. The van der Waals surface area contributed by atoms with Crippen molar-refractivity contribution in [1.82, 2.24) is 0 Å². The molecule has 0 aliphatic rings. The lowest BCUT2D eigenvalue weighted by Gasteiger charge is -2.00. The van der Waals surface area contributed by atoms with Crippen LogP contribution in [0.15, 0.2) is 0 Å². The average Bonchev–Trinajstić information content (AvgIpc) is 0.722. The smallest absolute Gasteiger partial charge is 0.125 e. The van der Waals surface area contributed by atoms with Gasteiger partial charge >= 0.3 is 0 Å². The van der Waals surface area contributed by atoms with Crippen LogP contribution in [0.5, 0.6) is 0 Å². The maximum absolute atomic E-state index is 5.19. The number of hydrogen-bond donors (Lipinski definition) is 1. The van der Waals surface area contributed by atoms with Crippen LogP contribution in [-0.2, 0) is 0 Å². The van der Waals surface area contributed by atoms with E-state index in [2.05, 4.69) is 31.9 Å². The van der Waals surface area contributed by atoms with Crippen LogP contribution in [-0.4, -0.2) is 3.36 Å². The van der Waals surface area contributed by atoms with E-state index in [-0.39, 0.29) is 3.36 Å². The van der Waals surface area contributed by atoms with E-state index in [0.717, 1.165) is 0 Å². The number of halogens is 2. The highest BCUT2D eigenvalue weighted by Crippen LogP contribution is 2.15. The Labute approximate surface area is 48.2 Å². The van der Waals surface area contributed by atoms with Gasteiger partial charge in [-0.05, 0) is 6.92 Å². The monoisotopic (exact) mass is 201 g/mol. The molecular weight excluding hydrogens is 198 g/mol. The summed E-state index contributed by atoms with van der Waals surface area (Å²) in [6.07, 6.45) is 0. The van der Waals surface area contributed by atoms with Gasteiger partial charge in [-0.1, -0.05) is 31.9 Å². The Balaban J connectivity index is 3.02. The van der Waals surface area contributed by atoms with E-state index in [1.165, 1.54) is 0 Å². The van der Waals surface area contributed by atoms with Gasteiger partial charge in [-0.3, -0.25) is 0 Å².